The fraction of sp³-hybridized carbons (Fsp3) is 0. The fourth-order valence-electron chi connectivity index (χ4n) is 1.45. The van der Waals surface area contributed by atoms with Crippen LogP contribution in [0.3, 0.4) is 0 Å². The average Bonchev–Trinajstić information content (AvgIpc) is 2.30. The van der Waals surface area contributed by atoms with E-state index < -0.39 is 5.43 Å². The van der Waals surface area contributed by atoms with E-state index in [1.54, 1.807) is 12.1 Å². The maximum Gasteiger partial charge on any atom is 0.409 e. The van der Waals surface area contributed by atoms with Gasteiger partial charge in [-0.05, 0) is 58.0 Å². The largest absolute Gasteiger partial charge is 0.415 e. The molecule has 0 saturated carbocycles. The number of hydrogen-bond donors (Lipinski definition) is 0. The normalized spacial score (nSPS) is 10.0. The second-order valence-electron chi connectivity index (χ2n) is 3.37. The SMILES string of the molecule is O=C(Cl)Oc1ccc(-c2ccc(I)cc2)cc1. The minimum atomic E-state index is -0.827. The Hall–Kier alpha value is -1.07. The van der Waals surface area contributed by atoms with Gasteiger partial charge in [-0.25, -0.2) is 4.79 Å². The van der Waals surface area contributed by atoms with Crippen LogP contribution < -0.4 is 4.74 Å². The summed E-state index contributed by atoms with van der Waals surface area (Å²) in [5.41, 5.74) is 1.36. The van der Waals surface area contributed by atoms with Gasteiger partial charge in [0.2, 0.25) is 0 Å². The van der Waals surface area contributed by atoms with Gasteiger partial charge in [-0.1, -0.05) is 24.3 Å². The van der Waals surface area contributed by atoms with Gasteiger partial charge in [0, 0.05) is 15.2 Å². The van der Waals surface area contributed by atoms with Crippen LogP contribution >= 0.6 is 34.2 Å². The summed E-state index contributed by atoms with van der Waals surface area (Å²) in [5, 5.41) is 0. The predicted molar refractivity (Wildman–Crippen MR) is 76.5 cm³/mol. The molecule has 0 aromatic heterocycles. The van der Waals surface area contributed by atoms with Crippen molar-refractivity contribution in [2.24, 2.45) is 0 Å². The van der Waals surface area contributed by atoms with Crippen LogP contribution in [0, 0.1) is 3.57 Å². The zero-order valence-electron chi connectivity index (χ0n) is 8.69. The molecule has 4 heteroatoms. The van der Waals surface area contributed by atoms with Gasteiger partial charge in [-0.3, -0.25) is 0 Å². The quantitative estimate of drug-likeness (QED) is 0.575. The summed E-state index contributed by atoms with van der Waals surface area (Å²) in [4.78, 5) is 10.5. The Labute approximate surface area is 118 Å². The first kappa shape index (κ1) is 12.4. The van der Waals surface area contributed by atoms with Crippen molar-refractivity contribution in [2.45, 2.75) is 0 Å². The highest BCUT2D eigenvalue weighted by atomic mass is 127. The molecule has 2 rings (SSSR count). The molecule has 2 aromatic carbocycles. The van der Waals surface area contributed by atoms with E-state index in [-0.39, 0.29) is 0 Å². The van der Waals surface area contributed by atoms with Crippen LogP contribution in [0.15, 0.2) is 48.5 Å². The number of ether oxygens (including phenoxy) is 1. The van der Waals surface area contributed by atoms with Crippen molar-refractivity contribution < 1.29 is 9.53 Å². The van der Waals surface area contributed by atoms with E-state index >= 15 is 0 Å². The molecule has 0 atom stereocenters. The van der Waals surface area contributed by atoms with Crippen molar-refractivity contribution >= 4 is 39.6 Å². The Bertz CT molecular complexity index is 520. The van der Waals surface area contributed by atoms with Crippen LogP contribution in [-0.2, 0) is 0 Å². The van der Waals surface area contributed by atoms with Crippen molar-refractivity contribution in [3.8, 4) is 16.9 Å². The minimum absolute atomic E-state index is 0.444. The number of benzene rings is 2. The molecule has 0 unspecified atom stereocenters. The predicted octanol–water partition coefficient (Wildman–Crippen LogP) is 4.70. The van der Waals surface area contributed by atoms with Crippen LogP contribution in [0.4, 0.5) is 4.79 Å². The molecule has 2 nitrogen and oxygen atoms in total. The molecule has 2 aromatic rings. The summed E-state index contributed by atoms with van der Waals surface area (Å²) in [6.07, 6.45) is 0. The lowest BCUT2D eigenvalue weighted by molar-refractivity contribution is 0.225. The summed E-state index contributed by atoms with van der Waals surface area (Å²) < 4.78 is 5.94. The summed E-state index contributed by atoms with van der Waals surface area (Å²) >= 11 is 7.39. The molecule has 0 aliphatic heterocycles. The Morgan fingerprint density at radius 3 is 1.88 bits per heavy atom. The highest BCUT2D eigenvalue weighted by Crippen LogP contribution is 2.23. The van der Waals surface area contributed by atoms with E-state index in [2.05, 4.69) is 22.6 Å². The van der Waals surface area contributed by atoms with E-state index in [0.29, 0.717) is 5.75 Å². The molecule has 0 N–H and O–H groups in total. The lowest BCUT2D eigenvalue weighted by Gasteiger charge is -2.03. The van der Waals surface area contributed by atoms with E-state index in [9.17, 15) is 4.79 Å². The Morgan fingerprint density at radius 2 is 1.41 bits per heavy atom. The first-order valence-electron chi connectivity index (χ1n) is 4.88. The third kappa shape index (κ3) is 3.44. The highest BCUT2D eigenvalue weighted by Gasteiger charge is 2.01. The van der Waals surface area contributed by atoms with E-state index in [0.717, 1.165) is 11.1 Å². The molecule has 0 heterocycles. The number of carbonyl (C=O) groups is 1. The van der Waals surface area contributed by atoms with E-state index in [1.165, 1.54) is 3.57 Å². The summed E-state index contributed by atoms with van der Waals surface area (Å²) in [5.74, 6) is 0.444. The first-order chi connectivity index (χ1) is 8.15. The number of hydrogen-bond acceptors (Lipinski definition) is 2. The van der Waals surface area contributed by atoms with Crippen molar-refractivity contribution in [1.82, 2.24) is 0 Å². The molecular formula is C13H8ClIO2. The smallest absolute Gasteiger partial charge is 0.409 e. The van der Waals surface area contributed by atoms with Crippen molar-refractivity contribution in [3.63, 3.8) is 0 Å². The van der Waals surface area contributed by atoms with Crippen LogP contribution in [0.25, 0.3) is 11.1 Å². The highest BCUT2D eigenvalue weighted by molar-refractivity contribution is 14.1. The topological polar surface area (TPSA) is 26.3 Å². The van der Waals surface area contributed by atoms with Gasteiger partial charge in [0.25, 0.3) is 0 Å². The monoisotopic (exact) mass is 358 g/mol. The van der Waals surface area contributed by atoms with Gasteiger partial charge in [0.05, 0.1) is 0 Å². The van der Waals surface area contributed by atoms with Crippen LogP contribution in [0.5, 0.6) is 5.75 Å². The van der Waals surface area contributed by atoms with Gasteiger partial charge in [-0.2, -0.15) is 0 Å². The van der Waals surface area contributed by atoms with Crippen LogP contribution in [0.1, 0.15) is 0 Å². The molecule has 0 saturated heterocycles. The van der Waals surface area contributed by atoms with E-state index in [4.69, 9.17) is 16.3 Å². The molecule has 0 amide bonds. The molecule has 86 valence electrons. The molecule has 0 aliphatic carbocycles. The maximum atomic E-state index is 10.5. The molecule has 0 bridgehead atoms. The lowest BCUT2D eigenvalue weighted by atomic mass is 10.1. The molecule has 0 fully saturated rings. The zero-order valence-corrected chi connectivity index (χ0v) is 11.6. The summed E-state index contributed by atoms with van der Waals surface area (Å²) in [6, 6.07) is 15.4. The third-order valence-corrected chi connectivity index (χ3v) is 3.03. The molecule has 0 spiro atoms. The van der Waals surface area contributed by atoms with Crippen LogP contribution in [0.2, 0.25) is 0 Å². The van der Waals surface area contributed by atoms with Crippen molar-refractivity contribution in [3.05, 3.63) is 52.1 Å². The van der Waals surface area contributed by atoms with Crippen molar-refractivity contribution in [1.29, 1.82) is 0 Å². The number of carbonyl (C=O) groups excluding carboxylic acids is 1. The third-order valence-electron chi connectivity index (χ3n) is 2.23. The summed E-state index contributed by atoms with van der Waals surface area (Å²) in [7, 11) is 0. The minimum Gasteiger partial charge on any atom is -0.415 e. The molecular weight excluding hydrogens is 350 g/mol. The first-order valence-corrected chi connectivity index (χ1v) is 6.34. The van der Waals surface area contributed by atoms with Gasteiger partial charge >= 0.3 is 5.43 Å². The zero-order chi connectivity index (χ0) is 12.3. The number of rotatable bonds is 2. The van der Waals surface area contributed by atoms with Crippen molar-refractivity contribution in [2.75, 3.05) is 0 Å². The Balaban J connectivity index is 2.23. The maximum absolute atomic E-state index is 10.5. The van der Waals surface area contributed by atoms with Crippen LogP contribution in [-0.4, -0.2) is 5.43 Å². The molecule has 0 aliphatic rings. The molecule has 17 heavy (non-hydrogen) atoms. The number of halogens is 2. The fourth-order valence-corrected chi connectivity index (χ4v) is 1.90. The standard InChI is InChI=1S/C13H8ClIO2/c14-13(16)17-12-7-3-10(4-8-12)9-1-5-11(15)6-2-9/h1-8H. The summed E-state index contributed by atoms with van der Waals surface area (Å²) in [6.45, 7) is 0. The Morgan fingerprint density at radius 1 is 0.941 bits per heavy atom. The average molecular weight is 359 g/mol. The van der Waals surface area contributed by atoms with Gasteiger partial charge in [-0.15, -0.1) is 0 Å². The van der Waals surface area contributed by atoms with Gasteiger partial charge < -0.3 is 4.74 Å². The van der Waals surface area contributed by atoms with Gasteiger partial charge in [0.15, 0.2) is 0 Å². The lowest BCUT2D eigenvalue weighted by Crippen LogP contribution is -1.95. The second-order valence-corrected chi connectivity index (χ2v) is 4.93. The second kappa shape index (κ2) is 5.51. The Kier molecular flexibility index (Phi) is 4.02. The van der Waals surface area contributed by atoms with Gasteiger partial charge in [0.1, 0.15) is 5.75 Å². The molecule has 0 radical (unpaired) electrons. The van der Waals surface area contributed by atoms with E-state index in [1.807, 2.05) is 36.4 Å².